The summed E-state index contributed by atoms with van der Waals surface area (Å²) in [4.78, 5) is 12.9. The predicted octanol–water partition coefficient (Wildman–Crippen LogP) is 2.78. The number of halogens is 1. The molecule has 1 saturated heterocycles. The second kappa shape index (κ2) is 6.76. The van der Waals surface area contributed by atoms with E-state index in [1.165, 1.54) is 15.6 Å². The van der Waals surface area contributed by atoms with Crippen LogP contribution in [-0.2, 0) is 19.6 Å². The van der Waals surface area contributed by atoms with E-state index in [-0.39, 0.29) is 18.4 Å². The molecule has 1 aromatic heterocycles. The van der Waals surface area contributed by atoms with E-state index in [0.717, 1.165) is 8.66 Å². The zero-order valence-corrected chi connectivity index (χ0v) is 15.2. The molecule has 1 aromatic rings. The number of ether oxygens (including phenoxy) is 1. The van der Waals surface area contributed by atoms with Crippen molar-refractivity contribution in [2.24, 2.45) is 5.92 Å². The van der Waals surface area contributed by atoms with Crippen LogP contribution in [0.25, 0.3) is 0 Å². The fourth-order valence-electron chi connectivity index (χ4n) is 2.44. The monoisotopic (exact) mass is 395 g/mol. The zero-order valence-electron chi connectivity index (χ0n) is 12.0. The van der Waals surface area contributed by atoms with Crippen molar-refractivity contribution in [3.8, 4) is 0 Å². The summed E-state index contributed by atoms with van der Waals surface area (Å²) in [5.41, 5.74) is 0. The molecule has 0 aromatic carbocycles. The Morgan fingerprint density at radius 2 is 2.29 bits per heavy atom. The van der Waals surface area contributed by atoms with Gasteiger partial charge in [0.25, 0.3) is 0 Å². The summed E-state index contributed by atoms with van der Waals surface area (Å²) >= 11 is 4.71. The number of hydrogen-bond acceptors (Lipinski definition) is 5. The van der Waals surface area contributed by atoms with Gasteiger partial charge in [0, 0.05) is 18.0 Å². The Morgan fingerprint density at radius 1 is 1.57 bits per heavy atom. The minimum absolute atomic E-state index is 0.202. The number of carbonyl (C=O) groups excluding carboxylic acids is 1. The van der Waals surface area contributed by atoms with Gasteiger partial charge in [-0.1, -0.05) is 0 Å². The second-order valence-corrected chi connectivity index (χ2v) is 9.47. The molecule has 1 aliphatic rings. The Kier molecular flexibility index (Phi) is 5.45. The SMILES string of the molecule is CCOC(=O)[C@H]1CCCN(S(=O)(=O)c2cc(Br)sc2C)C1. The minimum Gasteiger partial charge on any atom is -0.466 e. The topological polar surface area (TPSA) is 63.7 Å². The quantitative estimate of drug-likeness (QED) is 0.735. The third-order valence-electron chi connectivity index (χ3n) is 3.46. The number of thiophene rings is 1. The van der Waals surface area contributed by atoms with Crippen molar-refractivity contribution in [3.05, 3.63) is 14.7 Å². The van der Waals surface area contributed by atoms with Gasteiger partial charge in [0.05, 0.1) is 21.2 Å². The molecule has 0 spiro atoms. The van der Waals surface area contributed by atoms with Crippen molar-refractivity contribution in [2.75, 3.05) is 19.7 Å². The Balaban J connectivity index is 2.20. The lowest BCUT2D eigenvalue weighted by Crippen LogP contribution is -2.42. The van der Waals surface area contributed by atoms with Crippen molar-refractivity contribution < 1.29 is 17.9 Å². The van der Waals surface area contributed by atoms with Gasteiger partial charge in [0.2, 0.25) is 10.0 Å². The molecule has 0 N–H and O–H groups in total. The number of esters is 1. The number of rotatable bonds is 4. The summed E-state index contributed by atoms with van der Waals surface area (Å²) in [6, 6.07) is 1.63. The summed E-state index contributed by atoms with van der Waals surface area (Å²) in [5, 5.41) is 0. The molecule has 1 fully saturated rings. The molecule has 0 amide bonds. The summed E-state index contributed by atoms with van der Waals surface area (Å²) in [6.45, 7) is 4.51. The van der Waals surface area contributed by atoms with E-state index in [1.807, 2.05) is 0 Å². The van der Waals surface area contributed by atoms with Crippen LogP contribution in [-0.4, -0.2) is 38.4 Å². The van der Waals surface area contributed by atoms with E-state index in [4.69, 9.17) is 4.74 Å². The van der Waals surface area contributed by atoms with Crippen molar-refractivity contribution in [2.45, 2.75) is 31.6 Å². The maximum atomic E-state index is 12.7. The lowest BCUT2D eigenvalue weighted by Gasteiger charge is -2.30. The van der Waals surface area contributed by atoms with Gasteiger partial charge in [-0.25, -0.2) is 8.42 Å². The van der Waals surface area contributed by atoms with Crippen LogP contribution >= 0.6 is 27.3 Å². The molecule has 1 aliphatic heterocycles. The molecule has 8 heteroatoms. The predicted molar refractivity (Wildman–Crippen MR) is 84.9 cm³/mol. The lowest BCUT2D eigenvalue weighted by molar-refractivity contribution is -0.149. The van der Waals surface area contributed by atoms with E-state index in [0.29, 0.717) is 30.9 Å². The lowest BCUT2D eigenvalue weighted by atomic mass is 10.0. The first-order valence-corrected chi connectivity index (χ1v) is 9.84. The van der Waals surface area contributed by atoms with E-state index in [9.17, 15) is 13.2 Å². The molecule has 21 heavy (non-hydrogen) atoms. The van der Waals surface area contributed by atoms with Gasteiger partial charge in [0.1, 0.15) is 0 Å². The minimum atomic E-state index is -3.55. The number of aryl methyl sites for hydroxylation is 1. The van der Waals surface area contributed by atoms with E-state index in [2.05, 4.69) is 15.9 Å². The van der Waals surface area contributed by atoms with Gasteiger partial charge >= 0.3 is 5.97 Å². The highest BCUT2D eigenvalue weighted by atomic mass is 79.9. The molecule has 2 heterocycles. The largest absolute Gasteiger partial charge is 0.466 e. The summed E-state index contributed by atoms with van der Waals surface area (Å²) < 4.78 is 32.6. The van der Waals surface area contributed by atoms with Crippen LogP contribution in [0.3, 0.4) is 0 Å². The van der Waals surface area contributed by atoms with Crippen LogP contribution in [0.2, 0.25) is 0 Å². The van der Waals surface area contributed by atoms with E-state index in [1.54, 1.807) is 19.9 Å². The molecular formula is C13H18BrNO4S2. The van der Waals surface area contributed by atoms with Gasteiger partial charge in [-0.3, -0.25) is 4.79 Å². The highest BCUT2D eigenvalue weighted by Gasteiger charge is 2.35. The highest BCUT2D eigenvalue weighted by Crippen LogP contribution is 2.33. The van der Waals surface area contributed by atoms with Crippen molar-refractivity contribution in [3.63, 3.8) is 0 Å². The molecule has 118 valence electrons. The molecule has 0 aliphatic carbocycles. The molecule has 5 nitrogen and oxygen atoms in total. The fraction of sp³-hybridized carbons (Fsp3) is 0.615. The van der Waals surface area contributed by atoms with Gasteiger partial charge in [-0.2, -0.15) is 4.31 Å². The van der Waals surface area contributed by atoms with Crippen molar-refractivity contribution in [1.82, 2.24) is 4.31 Å². The number of piperidine rings is 1. The standard InChI is InChI=1S/C13H18BrNO4S2/c1-3-19-13(16)10-5-4-6-15(8-10)21(17,18)11-7-12(14)20-9(11)2/h7,10H,3-6,8H2,1-2H3/t10-/m0/s1. The van der Waals surface area contributed by atoms with E-state index < -0.39 is 10.0 Å². The zero-order chi connectivity index (χ0) is 15.6. The summed E-state index contributed by atoms with van der Waals surface area (Å²) in [7, 11) is -3.55. The number of carbonyl (C=O) groups is 1. The van der Waals surface area contributed by atoms with Gasteiger partial charge in [-0.05, 0) is 48.7 Å². The number of nitrogens with zero attached hydrogens (tertiary/aromatic N) is 1. The smallest absolute Gasteiger partial charge is 0.310 e. The van der Waals surface area contributed by atoms with Crippen LogP contribution in [0, 0.1) is 12.8 Å². The Morgan fingerprint density at radius 3 is 2.86 bits per heavy atom. The highest BCUT2D eigenvalue weighted by molar-refractivity contribution is 9.11. The van der Waals surface area contributed by atoms with Crippen molar-refractivity contribution >= 4 is 43.3 Å². The maximum absolute atomic E-state index is 12.7. The Hall–Kier alpha value is -0.440. The van der Waals surface area contributed by atoms with Crippen molar-refractivity contribution in [1.29, 1.82) is 0 Å². The average molecular weight is 396 g/mol. The molecule has 0 unspecified atom stereocenters. The summed E-state index contributed by atoms with van der Waals surface area (Å²) in [6.07, 6.45) is 1.35. The van der Waals surface area contributed by atoms with E-state index >= 15 is 0 Å². The van der Waals surface area contributed by atoms with Gasteiger partial charge in [0.15, 0.2) is 0 Å². The van der Waals surface area contributed by atoms with Crippen LogP contribution in [0.15, 0.2) is 14.7 Å². The molecule has 0 bridgehead atoms. The van der Waals surface area contributed by atoms with Crippen LogP contribution in [0.1, 0.15) is 24.6 Å². The van der Waals surface area contributed by atoms with Crippen LogP contribution in [0.4, 0.5) is 0 Å². The first kappa shape index (κ1) is 16.9. The van der Waals surface area contributed by atoms with Crippen LogP contribution in [0.5, 0.6) is 0 Å². The maximum Gasteiger partial charge on any atom is 0.310 e. The first-order valence-electron chi connectivity index (χ1n) is 6.79. The summed E-state index contributed by atoms with van der Waals surface area (Å²) in [5.74, 6) is -0.670. The first-order chi connectivity index (χ1) is 9.86. The molecule has 0 radical (unpaired) electrons. The molecule has 0 saturated carbocycles. The number of sulfonamides is 1. The Labute approximate surface area is 137 Å². The molecular weight excluding hydrogens is 378 g/mol. The molecule has 1 atom stereocenters. The third-order valence-corrected chi connectivity index (χ3v) is 7.14. The van der Waals surface area contributed by atoms with Gasteiger partial charge in [-0.15, -0.1) is 11.3 Å². The normalized spacial score (nSPS) is 20.4. The third kappa shape index (κ3) is 3.67. The number of hydrogen-bond donors (Lipinski definition) is 0. The van der Waals surface area contributed by atoms with Gasteiger partial charge < -0.3 is 4.74 Å². The molecule has 2 rings (SSSR count). The average Bonchev–Trinajstić information content (AvgIpc) is 2.79. The fourth-order valence-corrected chi connectivity index (χ4v) is 6.35. The Bertz CT molecular complexity index is 626. The van der Waals surface area contributed by atoms with Crippen LogP contribution < -0.4 is 0 Å². The second-order valence-electron chi connectivity index (χ2n) is 4.93.